The van der Waals surface area contributed by atoms with Crippen LogP contribution in [0.4, 0.5) is 13.2 Å². The summed E-state index contributed by atoms with van der Waals surface area (Å²) in [5.41, 5.74) is 0. The summed E-state index contributed by atoms with van der Waals surface area (Å²) in [4.78, 5) is 2.38. The Hall–Kier alpha value is 0.230. The van der Waals surface area contributed by atoms with Crippen molar-refractivity contribution in [3.8, 4) is 0 Å². The number of halogens is 4. The van der Waals surface area contributed by atoms with Crippen molar-refractivity contribution in [1.82, 2.24) is 4.90 Å². The Kier molecular flexibility index (Phi) is 4.04. The SMILES string of the molecule is FC(F)(F)CCN1CCC(Br)CC1. The highest BCUT2D eigenvalue weighted by Crippen LogP contribution is 2.22. The molecule has 1 aliphatic rings. The van der Waals surface area contributed by atoms with Gasteiger partial charge in [0.25, 0.3) is 0 Å². The summed E-state index contributed by atoms with van der Waals surface area (Å²) in [7, 11) is 0. The zero-order valence-corrected chi connectivity index (χ0v) is 8.87. The van der Waals surface area contributed by atoms with E-state index >= 15 is 0 Å². The van der Waals surface area contributed by atoms with Crippen molar-refractivity contribution in [3.05, 3.63) is 0 Å². The molecule has 78 valence electrons. The summed E-state index contributed by atoms with van der Waals surface area (Å²) in [5, 5.41) is 0. The fraction of sp³-hybridized carbons (Fsp3) is 1.00. The second kappa shape index (κ2) is 4.64. The van der Waals surface area contributed by atoms with Gasteiger partial charge in [-0.3, -0.25) is 0 Å². The summed E-state index contributed by atoms with van der Waals surface area (Å²) >= 11 is 3.46. The Balaban J connectivity index is 2.16. The first-order chi connectivity index (χ1) is 5.97. The maximum atomic E-state index is 11.9. The van der Waals surface area contributed by atoms with Crippen LogP contribution in [0.25, 0.3) is 0 Å². The Labute approximate surface area is 84.4 Å². The number of piperidine rings is 1. The zero-order chi connectivity index (χ0) is 9.90. The van der Waals surface area contributed by atoms with E-state index in [1.54, 1.807) is 0 Å². The van der Waals surface area contributed by atoms with Crippen molar-refractivity contribution >= 4 is 15.9 Å². The number of nitrogens with zero attached hydrogens (tertiary/aromatic N) is 1. The fourth-order valence-corrected chi connectivity index (χ4v) is 1.82. The van der Waals surface area contributed by atoms with Crippen molar-refractivity contribution in [2.45, 2.75) is 30.3 Å². The predicted octanol–water partition coefficient (Wildman–Crippen LogP) is 2.80. The lowest BCUT2D eigenvalue weighted by Crippen LogP contribution is -2.36. The van der Waals surface area contributed by atoms with E-state index in [2.05, 4.69) is 15.9 Å². The van der Waals surface area contributed by atoms with Crippen LogP contribution in [0.15, 0.2) is 0 Å². The standard InChI is InChI=1S/C8H13BrF3N/c9-7-1-4-13(5-2-7)6-3-8(10,11)12/h7H,1-6H2. The van der Waals surface area contributed by atoms with E-state index in [0.29, 0.717) is 4.83 Å². The first-order valence-electron chi connectivity index (χ1n) is 4.40. The second-order valence-electron chi connectivity index (χ2n) is 3.38. The molecule has 1 fully saturated rings. The minimum Gasteiger partial charge on any atom is -0.303 e. The van der Waals surface area contributed by atoms with Gasteiger partial charge in [0.2, 0.25) is 0 Å². The molecule has 0 bridgehead atoms. The number of likely N-dealkylation sites (tertiary alicyclic amines) is 1. The van der Waals surface area contributed by atoms with Gasteiger partial charge in [0.1, 0.15) is 0 Å². The third-order valence-electron chi connectivity index (χ3n) is 2.23. The van der Waals surface area contributed by atoms with Crippen LogP contribution in [0.1, 0.15) is 19.3 Å². The van der Waals surface area contributed by atoms with Gasteiger partial charge in [-0.15, -0.1) is 0 Å². The molecule has 1 nitrogen and oxygen atoms in total. The summed E-state index contributed by atoms with van der Waals surface area (Å²) in [5.74, 6) is 0. The molecule has 1 heterocycles. The summed E-state index contributed by atoms with van der Waals surface area (Å²) in [6.07, 6.45) is -2.78. The normalized spacial score (nSPS) is 22.2. The van der Waals surface area contributed by atoms with Crippen molar-refractivity contribution in [1.29, 1.82) is 0 Å². The van der Waals surface area contributed by atoms with Crippen molar-refractivity contribution in [2.24, 2.45) is 0 Å². The van der Waals surface area contributed by atoms with Gasteiger partial charge in [-0.05, 0) is 25.9 Å². The van der Waals surface area contributed by atoms with Gasteiger partial charge in [0, 0.05) is 11.4 Å². The van der Waals surface area contributed by atoms with Gasteiger partial charge in [0.15, 0.2) is 0 Å². The van der Waals surface area contributed by atoms with E-state index < -0.39 is 12.6 Å². The number of hydrogen-bond acceptors (Lipinski definition) is 1. The van der Waals surface area contributed by atoms with Crippen molar-refractivity contribution in [3.63, 3.8) is 0 Å². The van der Waals surface area contributed by atoms with Crippen LogP contribution in [0.5, 0.6) is 0 Å². The quantitative estimate of drug-likeness (QED) is 0.690. The molecule has 1 saturated heterocycles. The van der Waals surface area contributed by atoms with Crippen LogP contribution in [0, 0.1) is 0 Å². The Bertz CT molecular complexity index is 152. The molecule has 0 N–H and O–H groups in total. The highest BCUT2D eigenvalue weighted by atomic mass is 79.9. The molecule has 13 heavy (non-hydrogen) atoms. The van der Waals surface area contributed by atoms with Crippen molar-refractivity contribution < 1.29 is 13.2 Å². The molecule has 5 heteroatoms. The van der Waals surface area contributed by atoms with E-state index in [1.165, 1.54) is 0 Å². The molecule has 0 aromatic rings. The number of hydrogen-bond donors (Lipinski definition) is 0. The molecule has 1 aliphatic heterocycles. The van der Waals surface area contributed by atoms with Crippen LogP contribution in [0.3, 0.4) is 0 Å². The molecule has 0 amide bonds. The lowest BCUT2D eigenvalue weighted by molar-refractivity contribution is -0.138. The molecule has 0 spiro atoms. The van der Waals surface area contributed by atoms with Gasteiger partial charge >= 0.3 is 6.18 Å². The molecular weight excluding hydrogens is 247 g/mol. The van der Waals surface area contributed by atoms with Gasteiger partial charge in [-0.2, -0.15) is 13.2 Å². The fourth-order valence-electron chi connectivity index (χ4n) is 1.41. The van der Waals surface area contributed by atoms with E-state index in [1.807, 2.05) is 4.90 Å². The minimum absolute atomic E-state index is 0.156. The van der Waals surface area contributed by atoms with Gasteiger partial charge in [-0.1, -0.05) is 15.9 Å². The number of rotatable bonds is 2. The first kappa shape index (κ1) is 11.3. The lowest BCUT2D eigenvalue weighted by Gasteiger charge is -2.29. The maximum Gasteiger partial charge on any atom is 0.390 e. The predicted molar refractivity (Wildman–Crippen MR) is 49.1 cm³/mol. The van der Waals surface area contributed by atoms with E-state index in [9.17, 15) is 13.2 Å². The van der Waals surface area contributed by atoms with Crippen molar-refractivity contribution in [2.75, 3.05) is 19.6 Å². The molecule has 1 rings (SSSR count). The molecular formula is C8H13BrF3N. The Morgan fingerprint density at radius 3 is 2.23 bits per heavy atom. The third-order valence-corrected chi connectivity index (χ3v) is 3.14. The summed E-state index contributed by atoms with van der Waals surface area (Å²) < 4.78 is 35.6. The molecule has 0 unspecified atom stereocenters. The molecule has 0 aromatic heterocycles. The van der Waals surface area contributed by atoms with Crippen LogP contribution in [0.2, 0.25) is 0 Å². The summed E-state index contributed by atoms with van der Waals surface area (Å²) in [6, 6.07) is 0. The van der Waals surface area contributed by atoms with Crippen LogP contribution in [-0.4, -0.2) is 35.5 Å². The topological polar surface area (TPSA) is 3.24 Å². The lowest BCUT2D eigenvalue weighted by atomic mass is 10.1. The van der Waals surface area contributed by atoms with Gasteiger partial charge in [0.05, 0.1) is 6.42 Å². The van der Waals surface area contributed by atoms with Crippen LogP contribution < -0.4 is 0 Å². The largest absolute Gasteiger partial charge is 0.390 e. The average molecular weight is 260 g/mol. The molecule has 0 atom stereocenters. The third kappa shape index (κ3) is 4.86. The van der Waals surface area contributed by atoms with Gasteiger partial charge in [-0.25, -0.2) is 0 Å². The first-order valence-corrected chi connectivity index (χ1v) is 5.32. The average Bonchev–Trinajstić information content (AvgIpc) is 2.02. The second-order valence-corrected chi connectivity index (χ2v) is 4.68. The Morgan fingerprint density at radius 2 is 1.77 bits per heavy atom. The van der Waals surface area contributed by atoms with E-state index in [0.717, 1.165) is 25.9 Å². The minimum atomic E-state index is -4.01. The molecule has 0 saturated carbocycles. The summed E-state index contributed by atoms with van der Waals surface area (Å²) in [6.45, 7) is 1.72. The highest BCUT2D eigenvalue weighted by Gasteiger charge is 2.28. The smallest absolute Gasteiger partial charge is 0.303 e. The molecule has 0 radical (unpaired) electrons. The Morgan fingerprint density at radius 1 is 1.23 bits per heavy atom. The van der Waals surface area contributed by atoms with Gasteiger partial charge < -0.3 is 4.90 Å². The maximum absolute atomic E-state index is 11.9. The molecule has 0 aromatic carbocycles. The zero-order valence-electron chi connectivity index (χ0n) is 7.28. The molecule has 0 aliphatic carbocycles. The van der Waals surface area contributed by atoms with Crippen LogP contribution >= 0.6 is 15.9 Å². The van der Waals surface area contributed by atoms with E-state index in [4.69, 9.17) is 0 Å². The van der Waals surface area contributed by atoms with E-state index in [-0.39, 0.29) is 6.54 Å². The monoisotopic (exact) mass is 259 g/mol. The number of alkyl halides is 4. The van der Waals surface area contributed by atoms with Crippen LogP contribution in [-0.2, 0) is 0 Å². The highest BCUT2D eigenvalue weighted by molar-refractivity contribution is 9.09.